The predicted octanol–water partition coefficient (Wildman–Crippen LogP) is 4.10. The zero-order chi connectivity index (χ0) is 19.0. The molecule has 0 aromatic heterocycles. The molecule has 6 heteroatoms. The summed E-state index contributed by atoms with van der Waals surface area (Å²) in [5.41, 5.74) is 0.743. The molecule has 27 heavy (non-hydrogen) atoms. The number of nitrogens with zero attached hydrogens (tertiary/aromatic N) is 1. The van der Waals surface area contributed by atoms with Gasteiger partial charge in [0.2, 0.25) is 0 Å². The number of fused-ring (bicyclic) bond motifs is 1. The Morgan fingerprint density at radius 1 is 1.15 bits per heavy atom. The molecule has 5 nitrogen and oxygen atoms in total. The Hall–Kier alpha value is -2.34. The maximum Gasteiger partial charge on any atom is 0.253 e. The number of carbonyl (C=O) groups is 2. The molecule has 140 valence electrons. The van der Waals surface area contributed by atoms with Gasteiger partial charge in [0.1, 0.15) is 17.1 Å². The number of ether oxygens (including phenoxy) is 2. The fourth-order valence-corrected chi connectivity index (χ4v) is 4.04. The largest absolute Gasteiger partial charge is 0.497 e. The molecule has 0 unspecified atom stereocenters. The number of hydrogen-bond donors (Lipinski definition) is 0. The number of carbonyl (C=O) groups excluding carboxylic acids is 2. The van der Waals surface area contributed by atoms with E-state index in [0.717, 1.165) is 4.47 Å². The first kappa shape index (κ1) is 18.0. The third-order valence-corrected chi connectivity index (χ3v) is 5.88. The van der Waals surface area contributed by atoms with Crippen LogP contribution in [0.3, 0.4) is 0 Å². The first-order valence-electron chi connectivity index (χ1n) is 8.95. The molecule has 2 aliphatic rings. The van der Waals surface area contributed by atoms with E-state index in [9.17, 15) is 9.59 Å². The van der Waals surface area contributed by atoms with Gasteiger partial charge in [-0.15, -0.1) is 0 Å². The topological polar surface area (TPSA) is 55.8 Å². The molecule has 0 aliphatic carbocycles. The maximum absolute atomic E-state index is 12.7. The van der Waals surface area contributed by atoms with Gasteiger partial charge >= 0.3 is 0 Å². The number of likely N-dealkylation sites (tertiary alicyclic amines) is 1. The van der Waals surface area contributed by atoms with E-state index >= 15 is 0 Å². The second-order valence-corrected chi connectivity index (χ2v) is 7.96. The van der Waals surface area contributed by atoms with Crippen molar-refractivity contribution in [1.82, 2.24) is 4.90 Å². The summed E-state index contributed by atoms with van der Waals surface area (Å²) in [7, 11) is 1.59. The van der Waals surface area contributed by atoms with Crippen molar-refractivity contribution in [2.24, 2.45) is 0 Å². The van der Waals surface area contributed by atoms with Crippen LogP contribution in [0.2, 0.25) is 0 Å². The number of Topliss-reactive ketones (excluding diaryl/α,β-unsaturated/α-hetero) is 1. The van der Waals surface area contributed by atoms with E-state index in [4.69, 9.17) is 9.47 Å². The van der Waals surface area contributed by atoms with Crippen molar-refractivity contribution in [3.8, 4) is 11.5 Å². The molecule has 4 rings (SSSR count). The molecule has 1 saturated heterocycles. The van der Waals surface area contributed by atoms with Crippen LogP contribution >= 0.6 is 15.9 Å². The average molecular weight is 430 g/mol. The number of benzene rings is 2. The standard InChI is InChI=1S/C21H20BrNO4/c1-26-16-6-7-17-18(24)13-21(27-19(17)12-16)8-10-23(11-9-21)20(25)14-2-4-15(22)5-3-14/h2-7,12H,8-11,13H2,1H3. The average Bonchev–Trinajstić information content (AvgIpc) is 2.68. The molecule has 2 heterocycles. The Labute approximate surface area is 166 Å². The summed E-state index contributed by atoms with van der Waals surface area (Å²) in [6.07, 6.45) is 1.63. The number of piperidine rings is 1. The highest BCUT2D eigenvalue weighted by Gasteiger charge is 2.43. The fraction of sp³-hybridized carbons (Fsp3) is 0.333. The van der Waals surface area contributed by atoms with Gasteiger partial charge in [-0.05, 0) is 36.4 Å². The zero-order valence-electron chi connectivity index (χ0n) is 15.0. The van der Waals surface area contributed by atoms with E-state index in [2.05, 4.69) is 15.9 Å². The normalized spacial score (nSPS) is 18.0. The zero-order valence-corrected chi connectivity index (χ0v) is 16.6. The minimum Gasteiger partial charge on any atom is -0.497 e. The van der Waals surface area contributed by atoms with Crippen molar-refractivity contribution >= 4 is 27.6 Å². The van der Waals surface area contributed by atoms with Crippen molar-refractivity contribution in [2.45, 2.75) is 24.9 Å². The molecule has 2 aromatic carbocycles. The van der Waals surface area contributed by atoms with Gasteiger partial charge in [-0.1, -0.05) is 15.9 Å². The van der Waals surface area contributed by atoms with Crippen LogP contribution in [-0.2, 0) is 0 Å². The maximum atomic E-state index is 12.7. The number of halogens is 1. The van der Waals surface area contributed by atoms with Crippen LogP contribution in [0.15, 0.2) is 46.9 Å². The molecule has 1 amide bonds. The number of amides is 1. The molecule has 1 fully saturated rings. The first-order chi connectivity index (χ1) is 13.0. The Morgan fingerprint density at radius 2 is 1.85 bits per heavy atom. The van der Waals surface area contributed by atoms with Crippen LogP contribution < -0.4 is 9.47 Å². The monoisotopic (exact) mass is 429 g/mol. The van der Waals surface area contributed by atoms with Gasteiger partial charge in [0.05, 0.1) is 19.1 Å². The molecule has 0 atom stereocenters. The van der Waals surface area contributed by atoms with Crippen molar-refractivity contribution in [3.05, 3.63) is 58.1 Å². The summed E-state index contributed by atoms with van der Waals surface area (Å²) in [4.78, 5) is 27.2. The minimum atomic E-state index is -0.535. The van der Waals surface area contributed by atoms with Crippen LogP contribution in [0.5, 0.6) is 11.5 Å². The van der Waals surface area contributed by atoms with Gasteiger partial charge in [-0.25, -0.2) is 0 Å². The SMILES string of the molecule is COc1ccc2c(c1)OC1(CCN(C(=O)c3ccc(Br)cc3)CC1)CC2=O. The third kappa shape index (κ3) is 3.46. The van der Waals surface area contributed by atoms with E-state index in [1.54, 1.807) is 25.3 Å². The molecular formula is C21H20BrNO4. The molecule has 0 saturated carbocycles. The lowest BCUT2D eigenvalue weighted by atomic mass is 9.82. The van der Waals surface area contributed by atoms with E-state index in [0.29, 0.717) is 55.0 Å². The van der Waals surface area contributed by atoms with Crippen molar-refractivity contribution in [1.29, 1.82) is 0 Å². The highest BCUT2D eigenvalue weighted by atomic mass is 79.9. The van der Waals surface area contributed by atoms with Crippen molar-refractivity contribution < 1.29 is 19.1 Å². The molecular weight excluding hydrogens is 410 g/mol. The Balaban J connectivity index is 1.49. The van der Waals surface area contributed by atoms with Crippen LogP contribution in [0.25, 0.3) is 0 Å². The van der Waals surface area contributed by atoms with Crippen molar-refractivity contribution in [3.63, 3.8) is 0 Å². The molecule has 2 aliphatic heterocycles. The number of hydrogen-bond acceptors (Lipinski definition) is 4. The van der Waals surface area contributed by atoms with Gasteiger partial charge in [0, 0.05) is 42.0 Å². The lowest BCUT2D eigenvalue weighted by molar-refractivity contribution is -0.00580. The highest BCUT2D eigenvalue weighted by molar-refractivity contribution is 9.10. The Bertz CT molecular complexity index is 886. The second kappa shape index (κ2) is 7.00. The van der Waals surface area contributed by atoms with E-state index in [-0.39, 0.29) is 11.7 Å². The van der Waals surface area contributed by atoms with E-state index < -0.39 is 5.60 Å². The highest BCUT2D eigenvalue weighted by Crippen LogP contribution is 2.40. The van der Waals surface area contributed by atoms with Crippen LogP contribution in [0.4, 0.5) is 0 Å². The molecule has 0 N–H and O–H groups in total. The molecule has 0 bridgehead atoms. The number of rotatable bonds is 2. The molecule has 2 aromatic rings. The fourth-order valence-electron chi connectivity index (χ4n) is 3.77. The van der Waals surface area contributed by atoms with Gasteiger partial charge < -0.3 is 14.4 Å². The predicted molar refractivity (Wildman–Crippen MR) is 105 cm³/mol. The van der Waals surface area contributed by atoms with Crippen LogP contribution in [0, 0.1) is 0 Å². The van der Waals surface area contributed by atoms with Crippen molar-refractivity contribution in [2.75, 3.05) is 20.2 Å². The summed E-state index contributed by atoms with van der Waals surface area (Å²) in [6.45, 7) is 1.14. The van der Waals surface area contributed by atoms with Gasteiger partial charge in [0.25, 0.3) is 5.91 Å². The van der Waals surface area contributed by atoms with Gasteiger partial charge in [-0.2, -0.15) is 0 Å². The van der Waals surface area contributed by atoms with E-state index in [1.807, 2.05) is 29.2 Å². The summed E-state index contributed by atoms with van der Waals surface area (Å²) in [5.74, 6) is 1.35. The Morgan fingerprint density at radius 3 is 2.52 bits per heavy atom. The number of ketones is 1. The smallest absolute Gasteiger partial charge is 0.253 e. The summed E-state index contributed by atoms with van der Waals surface area (Å²) < 4.78 is 12.5. The van der Waals surface area contributed by atoms with Crippen LogP contribution in [0.1, 0.15) is 40.0 Å². The van der Waals surface area contributed by atoms with E-state index in [1.165, 1.54) is 0 Å². The lowest BCUT2D eigenvalue weighted by Gasteiger charge is -2.44. The van der Waals surface area contributed by atoms with Gasteiger partial charge in [0.15, 0.2) is 5.78 Å². The summed E-state index contributed by atoms with van der Waals surface area (Å²) in [5, 5.41) is 0. The number of methoxy groups -OCH3 is 1. The van der Waals surface area contributed by atoms with Gasteiger partial charge in [-0.3, -0.25) is 9.59 Å². The second-order valence-electron chi connectivity index (χ2n) is 7.05. The van der Waals surface area contributed by atoms with Crippen LogP contribution in [-0.4, -0.2) is 42.4 Å². The first-order valence-corrected chi connectivity index (χ1v) is 9.74. The minimum absolute atomic E-state index is 0.0153. The quantitative estimate of drug-likeness (QED) is 0.720. The molecule has 1 spiro atoms. The summed E-state index contributed by atoms with van der Waals surface area (Å²) in [6, 6.07) is 12.7. The Kier molecular flexibility index (Phi) is 4.68. The third-order valence-electron chi connectivity index (χ3n) is 5.35. The summed E-state index contributed by atoms with van der Waals surface area (Å²) >= 11 is 3.39. The lowest BCUT2D eigenvalue weighted by Crippen LogP contribution is -2.52. The molecule has 0 radical (unpaired) electrons.